The van der Waals surface area contributed by atoms with Crippen molar-refractivity contribution in [1.29, 1.82) is 0 Å². The van der Waals surface area contributed by atoms with Crippen LogP contribution in [0.25, 0.3) is 0 Å². The second-order valence-electron chi connectivity index (χ2n) is 6.66. The number of hydrogen-bond donors (Lipinski definition) is 0. The van der Waals surface area contributed by atoms with E-state index in [4.69, 9.17) is 28.0 Å². The van der Waals surface area contributed by atoms with Crippen LogP contribution in [0.3, 0.4) is 0 Å². The predicted octanol–water partition coefficient (Wildman–Crippen LogP) is 5.03. The zero-order valence-corrected chi connectivity index (χ0v) is 17.7. The minimum Gasteiger partial charge on any atom is -0.374 e. The maximum atomic E-state index is 13.4. The Hall–Kier alpha value is -2.67. The lowest BCUT2D eigenvalue weighted by atomic mass is 9.90. The molecule has 0 radical (unpaired) electrons. The maximum Gasteiger partial charge on any atom is 0.247 e. The lowest BCUT2D eigenvalue weighted by molar-refractivity contribution is 0.0814. The van der Waals surface area contributed by atoms with Crippen molar-refractivity contribution in [3.05, 3.63) is 100 Å². The number of halogens is 2. The molecule has 0 fully saturated rings. The topological polar surface area (TPSA) is 72.8 Å². The first kappa shape index (κ1) is 20.6. The van der Waals surface area contributed by atoms with Crippen molar-refractivity contribution in [2.24, 2.45) is 11.1 Å². The first-order chi connectivity index (χ1) is 14.4. The fourth-order valence-corrected chi connectivity index (χ4v) is 5.03. The Morgan fingerprint density at radius 2 is 1.40 bits per heavy atom. The molecule has 1 aliphatic rings. The van der Waals surface area contributed by atoms with Crippen LogP contribution < -0.4 is 0 Å². The van der Waals surface area contributed by atoms with Gasteiger partial charge < -0.3 is 4.84 Å². The van der Waals surface area contributed by atoms with E-state index in [-0.39, 0.29) is 10.6 Å². The molecule has 0 saturated heterocycles. The Kier molecular flexibility index (Phi) is 5.64. The van der Waals surface area contributed by atoms with Gasteiger partial charge in [-0.15, -0.1) is 0 Å². The van der Waals surface area contributed by atoms with Gasteiger partial charge in [0.15, 0.2) is 5.78 Å². The number of oxime groups is 1. The van der Waals surface area contributed by atoms with E-state index in [9.17, 15) is 13.2 Å². The number of carbonyl (C=O) groups excluding carboxylic acids is 1. The molecule has 0 spiro atoms. The van der Waals surface area contributed by atoms with Crippen molar-refractivity contribution in [3.8, 4) is 0 Å². The summed E-state index contributed by atoms with van der Waals surface area (Å²) in [6.07, 6.45) is 0. The number of rotatable bonds is 5. The van der Waals surface area contributed by atoms with Crippen LogP contribution in [0.4, 0.5) is 0 Å². The van der Waals surface area contributed by atoms with E-state index in [1.54, 1.807) is 54.6 Å². The van der Waals surface area contributed by atoms with E-state index in [1.807, 2.05) is 0 Å². The van der Waals surface area contributed by atoms with Gasteiger partial charge in [0, 0.05) is 21.2 Å². The van der Waals surface area contributed by atoms with Crippen LogP contribution in [0, 0.1) is 5.92 Å². The van der Waals surface area contributed by atoms with Crippen LogP contribution in [-0.2, 0) is 14.7 Å². The third-order valence-electron chi connectivity index (χ3n) is 4.75. The van der Waals surface area contributed by atoms with Crippen LogP contribution in [0.15, 0.2) is 88.9 Å². The SMILES string of the molecule is O=C(c1ccccc1)C1C(c2ccc(Cl)cc2)=NOC1S(=O)(=O)c1ccc(Cl)cc1. The Morgan fingerprint density at radius 1 is 0.833 bits per heavy atom. The average molecular weight is 460 g/mol. The monoisotopic (exact) mass is 459 g/mol. The molecule has 2 atom stereocenters. The summed E-state index contributed by atoms with van der Waals surface area (Å²) in [6.45, 7) is 0. The second-order valence-corrected chi connectivity index (χ2v) is 9.56. The highest BCUT2D eigenvalue weighted by Crippen LogP contribution is 2.34. The summed E-state index contributed by atoms with van der Waals surface area (Å²) in [4.78, 5) is 18.7. The number of carbonyl (C=O) groups is 1. The molecule has 3 aromatic carbocycles. The number of benzene rings is 3. The van der Waals surface area contributed by atoms with E-state index < -0.39 is 27.0 Å². The molecule has 0 amide bonds. The first-order valence-corrected chi connectivity index (χ1v) is 11.3. The molecule has 1 aliphatic heterocycles. The van der Waals surface area contributed by atoms with Crippen molar-refractivity contribution >= 4 is 44.5 Å². The molecule has 0 aromatic heterocycles. The highest BCUT2D eigenvalue weighted by atomic mass is 35.5. The van der Waals surface area contributed by atoms with E-state index in [0.29, 0.717) is 21.2 Å². The van der Waals surface area contributed by atoms with Gasteiger partial charge in [-0.1, -0.05) is 70.8 Å². The van der Waals surface area contributed by atoms with Gasteiger partial charge in [0.1, 0.15) is 11.6 Å². The van der Waals surface area contributed by atoms with Crippen molar-refractivity contribution in [1.82, 2.24) is 0 Å². The molecule has 152 valence electrons. The summed E-state index contributed by atoms with van der Waals surface area (Å²) in [5, 5.41) is 4.91. The molecule has 30 heavy (non-hydrogen) atoms. The third kappa shape index (κ3) is 3.86. The van der Waals surface area contributed by atoms with E-state index >= 15 is 0 Å². The summed E-state index contributed by atoms with van der Waals surface area (Å²) < 4.78 is 26.6. The number of nitrogens with zero attached hydrogens (tertiary/aromatic N) is 1. The number of hydrogen-bond acceptors (Lipinski definition) is 5. The molecule has 2 unspecified atom stereocenters. The number of Topliss-reactive ketones (excluding diaryl/α,β-unsaturated/α-hetero) is 1. The lowest BCUT2D eigenvalue weighted by Crippen LogP contribution is -2.37. The Bertz CT molecular complexity index is 1210. The average Bonchev–Trinajstić information content (AvgIpc) is 3.21. The van der Waals surface area contributed by atoms with Crippen molar-refractivity contribution in [3.63, 3.8) is 0 Å². The minimum absolute atomic E-state index is 0.00434. The Labute approximate surface area is 183 Å². The molecule has 1 heterocycles. The fourth-order valence-electron chi connectivity index (χ4n) is 3.23. The van der Waals surface area contributed by atoms with Crippen LogP contribution in [0.5, 0.6) is 0 Å². The molecule has 0 N–H and O–H groups in total. The normalized spacial score (nSPS) is 18.5. The highest BCUT2D eigenvalue weighted by molar-refractivity contribution is 7.92. The van der Waals surface area contributed by atoms with Gasteiger partial charge in [0.25, 0.3) is 0 Å². The molecule has 3 aromatic rings. The molecular weight excluding hydrogens is 445 g/mol. The van der Waals surface area contributed by atoms with Crippen LogP contribution in [0.1, 0.15) is 15.9 Å². The van der Waals surface area contributed by atoms with Gasteiger partial charge >= 0.3 is 0 Å². The molecule has 8 heteroatoms. The maximum absolute atomic E-state index is 13.4. The molecule has 0 saturated carbocycles. The number of sulfone groups is 1. The van der Waals surface area contributed by atoms with Crippen molar-refractivity contribution in [2.75, 3.05) is 0 Å². The third-order valence-corrected chi connectivity index (χ3v) is 7.15. The Morgan fingerprint density at radius 3 is 2.00 bits per heavy atom. The fraction of sp³-hybridized carbons (Fsp3) is 0.0909. The van der Waals surface area contributed by atoms with Crippen LogP contribution in [-0.4, -0.2) is 25.3 Å². The van der Waals surface area contributed by atoms with E-state index in [1.165, 1.54) is 24.3 Å². The van der Waals surface area contributed by atoms with Gasteiger partial charge in [-0.05, 0) is 36.4 Å². The predicted molar refractivity (Wildman–Crippen MR) is 116 cm³/mol. The molecule has 5 nitrogen and oxygen atoms in total. The summed E-state index contributed by atoms with van der Waals surface area (Å²) in [5.41, 5.74) is -0.339. The quantitative estimate of drug-likeness (QED) is 0.501. The minimum atomic E-state index is -4.05. The molecule has 0 bridgehead atoms. The summed E-state index contributed by atoms with van der Waals surface area (Å²) in [6, 6.07) is 20.8. The van der Waals surface area contributed by atoms with Gasteiger partial charge in [-0.3, -0.25) is 4.79 Å². The zero-order valence-electron chi connectivity index (χ0n) is 15.4. The van der Waals surface area contributed by atoms with Crippen molar-refractivity contribution in [2.45, 2.75) is 10.3 Å². The zero-order chi connectivity index (χ0) is 21.3. The van der Waals surface area contributed by atoms with Gasteiger partial charge in [-0.2, -0.15) is 0 Å². The van der Waals surface area contributed by atoms with Crippen molar-refractivity contribution < 1.29 is 18.0 Å². The highest BCUT2D eigenvalue weighted by Gasteiger charge is 2.48. The lowest BCUT2D eigenvalue weighted by Gasteiger charge is -2.19. The van der Waals surface area contributed by atoms with Gasteiger partial charge in [0.2, 0.25) is 15.3 Å². The summed E-state index contributed by atoms with van der Waals surface area (Å²) in [7, 11) is -4.05. The number of ketones is 1. The molecule has 4 rings (SSSR count). The second kappa shape index (κ2) is 8.22. The smallest absolute Gasteiger partial charge is 0.247 e. The molecule has 0 aliphatic carbocycles. The van der Waals surface area contributed by atoms with E-state index in [2.05, 4.69) is 5.16 Å². The summed E-state index contributed by atoms with van der Waals surface area (Å²) >= 11 is 11.8. The Balaban J connectivity index is 1.79. The molecular formula is C22H15Cl2NO4S. The standard InChI is InChI=1S/C22H15Cl2NO4S/c23-16-8-6-14(7-9-16)20-19(21(26)15-4-2-1-3-5-15)22(29-25-20)30(27,28)18-12-10-17(24)11-13-18/h1-13,19,22H. The first-order valence-electron chi connectivity index (χ1n) is 8.96. The van der Waals surface area contributed by atoms with Crippen LogP contribution >= 0.6 is 23.2 Å². The summed E-state index contributed by atoms with van der Waals surface area (Å²) in [5.74, 6) is -1.54. The van der Waals surface area contributed by atoms with E-state index in [0.717, 1.165) is 0 Å². The van der Waals surface area contributed by atoms with Crippen LogP contribution in [0.2, 0.25) is 10.0 Å². The van der Waals surface area contributed by atoms with Gasteiger partial charge in [0.05, 0.1) is 4.90 Å². The largest absolute Gasteiger partial charge is 0.374 e. The van der Waals surface area contributed by atoms with Gasteiger partial charge in [-0.25, -0.2) is 8.42 Å².